The normalized spacial score (nSPS) is 34.8. The third-order valence-corrected chi connectivity index (χ3v) is 7.05. The summed E-state index contributed by atoms with van der Waals surface area (Å²) in [6.45, 7) is 5.38. The molecule has 2 unspecified atom stereocenters. The molecule has 0 radical (unpaired) electrons. The second-order valence-corrected chi connectivity index (χ2v) is 9.35. The van der Waals surface area contributed by atoms with Crippen molar-refractivity contribution >= 4 is 0 Å². The van der Waals surface area contributed by atoms with Crippen LogP contribution >= 0.6 is 0 Å². The van der Waals surface area contributed by atoms with E-state index in [9.17, 15) is 5.11 Å². The average molecular weight is 358 g/mol. The molecule has 0 aromatic heterocycles. The fourth-order valence-electron chi connectivity index (χ4n) is 6.11. The maximum absolute atomic E-state index is 10.5. The van der Waals surface area contributed by atoms with Crippen LogP contribution in [0.3, 0.4) is 0 Å². The van der Waals surface area contributed by atoms with Gasteiger partial charge in [0, 0.05) is 12.6 Å². The molecule has 0 saturated heterocycles. The molecular weight excluding hydrogens is 322 g/mol. The van der Waals surface area contributed by atoms with Gasteiger partial charge in [0.25, 0.3) is 0 Å². The largest absolute Gasteiger partial charge is 0.389 e. The first kappa shape index (κ1) is 18.5. The Morgan fingerprint density at radius 1 is 1.08 bits per heavy atom. The highest BCUT2D eigenvalue weighted by Gasteiger charge is 2.51. The van der Waals surface area contributed by atoms with Gasteiger partial charge < -0.3 is 15.2 Å². The first-order valence-corrected chi connectivity index (χ1v) is 10.7. The Morgan fingerprint density at radius 2 is 1.65 bits per heavy atom. The van der Waals surface area contributed by atoms with Gasteiger partial charge in [-0.1, -0.05) is 36.8 Å². The van der Waals surface area contributed by atoms with Crippen molar-refractivity contribution in [2.24, 2.45) is 17.8 Å². The number of aryl methyl sites for hydroxylation is 1. The topological polar surface area (TPSA) is 41.5 Å². The van der Waals surface area contributed by atoms with E-state index in [2.05, 4.69) is 43.4 Å². The SMILES string of the molecule is CCC(NCC(O)COC12CC3CC(CC(C3)C1)C2)c1ccc(C)cc1. The zero-order valence-corrected chi connectivity index (χ0v) is 16.4. The van der Waals surface area contributed by atoms with Crippen molar-refractivity contribution in [2.45, 2.75) is 76.5 Å². The summed E-state index contributed by atoms with van der Waals surface area (Å²) in [7, 11) is 0. The lowest BCUT2D eigenvalue weighted by molar-refractivity contribution is -0.174. The minimum Gasteiger partial charge on any atom is -0.389 e. The molecule has 4 fully saturated rings. The first-order valence-electron chi connectivity index (χ1n) is 10.7. The van der Waals surface area contributed by atoms with Crippen LogP contribution in [0.15, 0.2) is 24.3 Å². The third kappa shape index (κ3) is 4.00. The van der Waals surface area contributed by atoms with Crippen LogP contribution in [0.5, 0.6) is 0 Å². The van der Waals surface area contributed by atoms with Gasteiger partial charge in [-0.3, -0.25) is 0 Å². The van der Waals surface area contributed by atoms with E-state index in [0.717, 1.165) is 24.2 Å². The van der Waals surface area contributed by atoms with Crippen molar-refractivity contribution in [3.8, 4) is 0 Å². The van der Waals surface area contributed by atoms with Crippen LogP contribution in [0.1, 0.15) is 69.0 Å². The molecule has 1 aromatic rings. The minimum atomic E-state index is -0.428. The Hall–Kier alpha value is -0.900. The highest BCUT2D eigenvalue weighted by atomic mass is 16.5. The summed E-state index contributed by atoms with van der Waals surface area (Å²) >= 11 is 0. The molecule has 144 valence electrons. The molecule has 26 heavy (non-hydrogen) atoms. The van der Waals surface area contributed by atoms with Crippen LogP contribution in [0.25, 0.3) is 0 Å². The van der Waals surface area contributed by atoms with Gasteiger partial charge in [0.05, 0.1) is 18.3 Å². The van der Waals surface area contributed by atoms with Crippen molar-refractivity contribution in [1.82, 2.24) is 5.32 Å². The van der Waals surface area contributed by atoms with E-state index in [4.69, 9.17) is 4.74 Å². The van der Waals surface area contributed by atoms with Gasteiger partial charge in [-0.15, -0.1) is 0 Å². The Bertz CT molecular complexity index is 561. The Labute approximate surface area is 158 Å². The molecule has 2 N–H and O–H groups in total. The van der Waals surface area contributed by atoms with Gasteiger partial charge >= 0.3 is 0 Å². The highest BCUT2D eigenvalue weighted by molar-refractivity contribution is 5.24. The van der Waals surface area contributed by atoms with Gasteiger partial charge in [0.2, 0.25) is 0 Å². The van der Waals surface area contributed by atoms with Crippen LogP contribution in [0, 0.1) is 24.7 Å². The summed E-state index contributed by atoms with van der Waals surface area (Å²) in [6, 6.07) is 8.99. The van der Waals surface area contributed by atoms with E-state index in [1.54, 1.807) is 0 Å². The fourth-order valence-corrected chi connectivity index (χ4v) is 6.11. The van der Waals surface area contributed by atoms with Gasteiger partial charge in [-0.2, -0.15) is 0 Å². The maximum atomic E-state index is 10.5. The quantitative estimate of drug-likeness (QED) is 0.725. The average Bonchev–Trinajstić information content (AvgIpc) is 2.61. The van der Waals surface area contributed by atoms with E-state index >= 15 is 0 Å². The summed E-state index contributed by atoms with van der Waals surface area (Å²) in [5, 5.41) is 14.0. The number of ether oxygens (including phenoxy) is 1. The smallest absolute Gasteiger partial charge is 0.0898 e. The van der Waals surface area contributed by atoms with Gasteiger partial charge in [0.1, 0.15) is 0 Å². The second-order valence-electron chi connectivity index (χ2n) is 9.35. The van der Waals surface area contributed by atoms with E-state index in [-0.39, 0.29) is 5.60 Å². The molecule has 3 heteroatoms. The van der Waals surface area contributed by atoms with Crippen LogP contribution in [-0.4, -0.2) is 30.0 Å². The molecule has 5 rings (SSSR count). The maximum Gasteiger partial charge on any atom is 0.0898 e. The summed E-state index contributed by atoms with van der Waals surface area (Å²) in [5.74, 6) is 2.67. The number of nitrogens with one attached hydrogen (secondary N) is 1. The highest BCUT2D eigenvalue weighted by Crippen LogP contribution is 2.57. The fraction of sp³-hybridized carbons (Fsp3) is 0.739. The van der Waals surface area contributed by atoms with Crippen LogP contribution in [0.4, 0.5) is 0 Å². The molecule has 0 heterocycles. The van der Waals surface area contributed by atoms with Crippen LogP contribution in [0.2, 0.25) is 0 Å². The zero-order chi connectivity index (χ0) is 18.1. The first-order chi connectivity index (χ1) is 12.5. The lowest BCUT2D eigenvalue weighted by atomic mass is 9.54. The zero-order valence-electron chi connectivity index (χ0n) is 16.4. The van der Waals surface area contributed by atoms with Crippen molar-refractivity contribution in [2.75, 3.05) is 13.2 Å². The van der Waals surface area contributed by atoms with Gasteiger partial charge in [-0.05, 0) is 75.2 Å². The lowest BCUT2D eigenvalue weighted by Crippen LogP contribution is -2.53. The molecule has 3 nitrogen and oxygen atoms in total. The standard InChI is InChI=1S/C23H35NO2/c1-3-22(20-6-4-16(2)5-7-20)24-14-21(25)15-26-23-11-17-8-18(12-23)10-19(9-17)13-23/h4-7,17-19,21-22,24-25H,3,8-15H2,1-2H3. The molecule has 0 aliphatic heterocycles. The van der Waals surface area contributed by atoms with E-state index in [0.29, 0.717) is 19.2 Å². The van der Waals surface area contributed by atoms with E-state index < -0.39 is 6.10 Å². The van der Waals surface area contributed by atoms with Crippen molar-refractivity contribution in [3.05, 3.63) is 35.4 Å². The van der Waals surface area contributed by atoms with Crippen molar-refractivity contribution in [1.29, 1.82) is 0 Å². The molecule has 0 spiro atoms. The summed E-state index contributed by atoms with van der Waals surface area (Å²) in [4.78, 5) is 0. The van der Waals surface area contributed by atoms with Crippen LogP contribution in [-0.2, 0) is 4.74 Å². The molecule has 4 aliphatic carbocycles. The monoisotopic (exact) mass is 357 g/mol. The van der Waals surface area contributed by atoms with Crippen molar-refractivity contribution in [3.63, 3.8) is 0 Å². The Balaban J connectivity index is 1.26. The number of benzene rings is 1. The predicted molar refractivity (Wildman–Crippen MR) is 105 cm³/mol. The molecule has 4 aliphatic rings. The van der Waals surface area contributed by atoms with E-state index in [1.165, 1.54) is 49.7 Å². The van der Waals surface area contributed by atoms with Crippen molar-refractivity contribution < 1.29 is 9.84 Å². The molecule has 2 atom stereocenters. The van der Waals surface area contributed by atoms with E-state index in [1.807, 2.05) is 0 Å². The number of rotatable bonds is 8. The van der Waals surface area contributed by atoms with Gasteiger partial charge in [0.15, 0.2) is 0 Å². The summed E-state index contributed by atoms with van der Waals surface area (Å²) < 4.78 is 6.40. The molecule has 4 bridgehead atoms. The number of aliphatic hydroxyl groups excluding tert-OH is 1. The molecule has 4 saturated carbocycles. The Kier molecular flexibility index (Phi) is 5.41. The molecule has 1 aromatic carbocycles. The predicted octanol–water partition coefficient (Wildman–Crippen LogP) is 4.38. The molecular formula is C23H35NO2. The number of aliphatic hydroxyl groups is 1. The summed E-state index contributed by atoms with van der Waals surface area (Å²) in [6.07, 6.45) is 8.60. The Morgan fingerprint density at radius 3 is 2.19 bits per heavy atom. The van der Waals surface area contributed by atoms with Crippen LogP contribution < -0.4 is 5.32 Å². The summed E-state index contributed by atoms with van der Waals surface area (Å²) in [5.41, 5.74) is 2.68. The number of hydrogen-bond acceptors (Lipinski definition) is 3. The molecule has 0 amide bonds. The lowest BCUT2D eigenvalue weighted by Gasteiger charge is -2.56. The number of hydrogen-bond donors (Lipinski definition) is 2. The minimum absolute atomic E-state index is 0.0941. The second kappa shape index (κ2) is 7.61. The van der Waals surface area contributed by atoms with Gasteiger partial charge in [-0.25, -0.2) is 0 Å². The third-order valence-electron chi connectivity index (χ3n) is 7.05.